The van der Waals surface area contributed by atoms with E-state index in [2.05, 4.69) is 5.10 Å². The minimum absolute atomic E-state index is 0.112. The number of nitro benzene ring substituents is 1. The topological polar surface area (TPSA) is 87.3 Å². The van der Waals surface area contributed by atoms with Crippen molar-refractivity contribution in [2.24, 2.45) is 7.05 Å². The number of Topliss-reactive ketones (excluding diaryl/α,β-unsaturated/α-hetero) is 1. The number of alkyl halides is 3. The summed E-state index contributed by atoms with van der Waals surface area (Å²) < 4.78 is 44.2. The largest absolute Gasteiger partial charge is 0.436 e. The Labute approximate surface area is 137 Å². The highest BCUT2D eigenvalue weighted by Gasteiger charge is 2.39. The Balaban J connectivity index is 2.45. The number of carbonyl (C=O) groups excluding carboxylic acids is 1. The van der Waals surface area contributed by atoms with Crippen molar-refractivity contribution >= 4 is 23.1 Å². The second-order valence-corrected chi connectivity index (χ2v) is 5.06. The molecule has 0 saturated carbocycles. The lowest BCUT2D eigenvalue weighted by Crippen LogP contribution is -2.12. The minimum Gasteiger partial charge on any atom is -0.436 e. The zero-order chi connectivity index (χ0) is 18.2. The number of ketones is 1. The molecule has 2 aromatic rings. The first kappa shape index (κ1) is 17.7. The molecule has 0 N–H and O–H groups in total. The van der Waals surface area contributed by atoms with Crippen LogP contribution in [0.25, 0.3) is 0 Å². The lowest BCUT2D eigenvalue weighted by atomic mass is 10.1. The number of benzene rings is 1. The Kier molecular flexibility index (Phi) is 4.52. The predicted octanol–water partition coefficient (Wildman–Crippen LogP) is 4.00. The molecule has 0 atom stereocenters. The number of halogens is 4. The molecule has 1 aromatic carbocycles. The molecule has 2 rings (SSSR count). The highest BCUT2D eigenvalue weighted by Crippen LogP contribution is 2.40. The average molecular weight is 364 g/mol. The summed E-state index contributed by atoms with van der Waals surface area (Å²) in [6.45, 7) is 1.11. The van der Waals surface area contributed by atoms with Crippen molar-refractivity contribution in [3.8, 4) is 11.6 Å². The molecule has 0 aliphatic rings. The molecule has 11 heteroatoms. The van der Waals surface area contributed by atoms with Gasteiger partial charge in [-0.2, -0.15) is 13.2 Å². The fourth-order valence-electron chi connectivity index (χ4n) is 1.98. The van der Waals surface area contributed by atoms with E-state index in [9.17, 15) is 28.1 Å². The summed E-state index contributed by atoms with van der Waals surface area (Å²) in [6.07, 6.45) is -4.74. The molecule has 0 saturated heterocycles. The predicted molar refractivity (Wildman–Crippen MR) is 76.4 cm³/mol. The number of carbonyl (C=O) groups is 1. The van der Waals surface area contributed by atoms with Crippen LogP contribution in [0.2, 0.25) is 5.02 Å². The van der Waals surface area contributed by atoms with Gasteiger partial charge in [0.25, 0.3) is 11.6 Å². The van der Waals surface area contributed by atoms with Crippen LogP contribution in [0.5, 0.6) is 11.6 Å². The van der Waals surface area contributed by atoms with Gasteiger partial charge in [-0.05, 0) is 19.1 Å². The average Bonchev–Trinajstić information content (AvgIpc) is 2.72. The SMILES string of the molecule is CC(=O)c1cc(Oc2nn(C)c(C(F)(F)F)c2Cl)ccc1[N+](=O)[O-]. The van der Waals surface area contributed by atoms with Gasteiger partial charge in [-0.1, -0.05) is 11.6 Å². The monoisotopic (exact) mass is 363 g/mol. The number of rotatable bonds is 4. The molecular weight excluding hydrogens is 355 g/mol. The van der Waals surface area contributed by atoms with Crippen LogP contribution in [0, 0.1) is 10.1 Å². The maximum Gasteiger partial charge on any atom is 0.434 e. The van der Waals surface area contributed by atoms with Crippen LogP contribution >= 0.6 is 11.6 Å². The number of hydrogen-bond acceptors (Lipinski definition) is 5. The van der Waals surface area contributed by atoms with E-state index in [1.165, 1.54) is 0 Å². The van der Waals surface area contributed by atoms with Gasteiger partial charge >= 0.3 is 6.18 Å². The van der Waals surface area contributed by atoms with Gasteiger partial charge in [0.05, 0.1) is 10.5 Å². The summed E-state index contributed by atoms with van der Waals surface area (Å²) in [7, 11) is 1.04. The summed E-state index contributed by atoms with van der Waals surface area (Å²) in [4.78, 5) is 21.6. The van der Waals surface area contributed by atoms with Crippen LogP contribution in [0.15, 0.2) is 18.2 Å². The lowest BCUT2D eigenvalue weighted by Gasteiger charge is -2.06. The molecule has 7 nitrogen and oxygen atoms in total. The van der Waals surface area contributed by atoms with Gasteiger partial charge in [0, 0.05) is 13.1 Å². The molecule has 128 valence electrons. The van der Waals surface area contributed by atoms with Gasteiger partial charge in [-0.15, -0.1) is 5.10 Å². The second kappa shape index (κ2) is 6.11. The summed E-state index contributed by atoms with van der Waals surface area (Å²) >= 11 is 5.64. The number of nitrogens with zero attached hydrogens (tertiary/aromatic N) is 3. The third kappa shape index (κ3) is 3.32. The Morgan fingerprint density at radius 2 is 2.04 bits per heavy atom. The maximum absolute atomic E-state index is 12.9. The van der Waals surface area contributed by atoms with E-state index >= 15 is 0 Å². The maximum atomic E-state index is 12.9. The smallest absolute Gasteiger partial charge is 0.434 e. The van der Waals surface area contributed by atoms with Crippen LogP contribution in [0.3, 0.4) is 0 Å². The second-order valence-electron chi connectivity index (χ2n) is 4.68. The summed E-state index contributed by atoms with van der Waals surface area (Å²) in [5.74, 6) is -1.25. The van der Waals surface area contributed by atoms with Gasteiger partial charge in [-0.3, -0.25) is 19.6 Å². The van der Waals surface area contributed by atoms with Crippen molar-refractivity contribution in [2.75, 3.05) is 0 Å². The molecule has 0 aliphatic carbocycles. The van der Waals surface area contributed by atoms with Gasteiger partial charge < -0.3 is 4.74 Å². The molecule has 0 aliphatic heterocycles. The van der Waals surface area contributed by atoms with Gasteiger partial charge in [0.15, 0.2) is 11.5 Å². The number of aryl methyl sites for hydroxylation is 1. The van der Waals surface area contributed by atoms with Crippen molar-refractivity contribution < 1.29 is 27.6 Å². The number of aromatic nitrogens is 2. The molecular formula is C13H9ClF3N3O4. The Morgan fingerprint density at radius 1 is 1.42 bits per heavy atom. The molecule has 1 aromatic heterocycles. The number of hydrogen-bond donors (Lipinski definition) is 0. The van der Waals surface area contributed by atoms with Gasteiger partial charge in [0.2, 0.25) is 0 Å². The molecule has 0 radical (unpaired) electrons. The normalized spacial score (nSPS) is 11.4. The third-order valence-electron chi connectivity index (χ3n) is 2.99. The van der Waals surface area contributed by atoms with E-state index in [0.29, 0.717) is 4.68 Å². The van der Waals surface area contributed by atoms with E-state index in [4.69, 9.17) is 16.3 Å². The Bertz CT molecular complexity index is 833. The van der Waals surface area contributed by atoms with Crippen molar-refractivity contribution in [1.82, 2.24) is 9.78 Å². The van der Waals surface area contributed by atoms with Gasteiger partial charge in [0.1, 0.15) is 10.8 Å². The molecule has 1 heterocycles. The fourth-order valence-corrected chi connectivity index (χ4v) is 2.28. The van der Waals surface area contributed by atoms with E-state index < -0.39 is 39.2 Å². The van der Waals surface area contributed by atoms with E-state index in [0.717, 1.165) is 32.2 Å². The first-order valence-corrected chi connectivity index (χ1v) is 6.67. The minimum atomic E-state index is -4.74. The Hall–Kier alpha value is -2.62. The quantitative estimate of drug-likeness (QED) is 0.465. The van der Waals surface area contributed by atoms with Crippen molar-refractivity contribution in [1.29, 1.82) is 0 Å². The van der Waals surface area contributed by atoms with E-state index in [1.807, 2.05) is 0 Å². The van der Waals surface area contributed by atoms with Crippen molar-refractivity contribution in [3.63, 3.8) is 0 Å². The van der Waals surface area contributed by atoms with Crippen LogP contribution in [-0.2, 0) is 13.2 Å². The zero-order valence-corrected chi connectivity index (χ0v) is 13.0. The number of nitro groups is 1. The van der Waals surface area contributed by atoms with Crippen LogP contribution in [0.1, 0.15) is 23.0 Å². The highest BCUT2D eigenvalue weighted by atomic mass is 35.5. The fraction of sp³-hybridized carbons (Fsp3) is 0.231. The van der Waals surface area contributed by atoms with E-state index in [-0.39, 0.29) is 11.3 Å². The molecule has 0 unspecified atom stereocenters. The van der Waals surface area contributed by atoms with Crippen LogP contribution in [0.4, 0.5) is 18.9 Å². The van der Waals surface area contributed by atoms with E-state index in [1.54, 1.807) is 0 Å². The molecule has 0 spiro atoms. The zero-order valence-electron chi connectivity index (χ0n) is 12.2. The highest BCUT2D eigenvalue weighted by molar-refractivity contribution is 6.32. The third-order valence-corrected chi connectivity index (χ3v) is 3.33. The molecule has 0 bridgehead atoms. The van der Waals surface area contributed by atoms with Crippen molar-refractivity contribution in [3.05, 3.63) is 44.6 Å². The standard InChI is InChI=1S/C13H9ClF3N3O4/c1-6(21)8-5-7(3-4-9(8)20(22)23)24-12-10(14)11(13(15,16)17)19(2)18-12/h3-5H,1-2H3. The lowest BCUT2D eigenvalue weighted by molar-refractivity contribution is -0.385. The first-order chi connectivity index (χ1) is 11.0. The summed E-state index contributed by atoms with van der Waals surface area (Å²) in [6, 6.07) is 3.18. The number of ether oxygens (including phenoxy) is 1. The molecule has 24 heavy (non-hydrogen) atoms. The van der Waals surface area contributed by atoms with Crippen LogP contribution < -0.4 is 4.74 Å². The molecule has 0 fully saturated rings. The first-order valence-electron chi connectivity index (χ1n) is 6.29. The van der Waals surface area contributed by atoms with Crippen molar-refractivity contribution in [2.45, 2.75) is 13.1 Å². The van der Waals surface area contributed by atoms with Crippen LogP contribution in [-0.4, -0.2) is 20.5 Å². The summed E-state index contributed by atoms with van der Waals surface area (Å²) in [5.41, 5.74) is -1.90. The van der Waals surface area contributed by atoms with Gasteiger partial charge in [-0.25, -0.2) is 0 Å². The Morgan fingerprint density at radius 3 is 2.50 bits per heavy atom. The molecule has 0 amide bonds. The summed E-state index contributed by atoms with van der Waals surface area (Å²) in [5, 5.41) is 13.6.